The van der Waals surface area contributed by atoms with Crippen molar-refractivity contribution in [2.24, 2.45) is 0 Å². The third-order valence-electron chi connectivity index (χ3n) is 8.42. The summed E-state index contributed by atoms with van der Waals surface area (Å²) in [5.41, 5.74) is 6.39. The van der Waals surface area contributed by atoms with Crippen LogP contribution < -0.4 is 4.74 Å². The molecular formula is C33H36N4O5S. The average molecular weight is 601 g/mol. The third kappa shape index (κ3) is 5.69. The Bertz CT molecular complexity index is 1810. The fraction of sp³-hybridized carbons (Fsp3) is 0.364. The molecule has 0 radical (unpaired) electrons. The number of nitrogens with zero attached hydrogens (tertiary/aromatic N) is 4. The lowest BCUT2D eigenvalue weighted by Crippen LogP contribution is -2.36. The summed E-state index contributed by atoms with van der Waals surface area (Å²) in [4.78, 5) is 13.1. The maximum atomic E-state index is 14.0. The van der Waals surface area contributed by atoms with Crippen LogP contribution in [0.15, 0.2) is 71.6 Å². The molecule has 3 aromatic carbocycles. The molecule has 0 saturated heterocycles. The highest BCUT2D eigenvalue weighted by Crippen LogP contribution is 2.37. The molecule has 10 heteroatoms. The summed E-state index contributed by atoms with van der Waals surface area (Å²) in [5, 5.41) is 8.92. The van der Waals surface area contributed by atoms with E-state index in [1.165, 1.54) is 4.31 Å². The molecule has 0 saturated carbocycles. The van der Waals surface area contributed by atoms with E-state index in [2.05, 4.69) is 22.5 Å². The van der Waals surface area contributed by atoms with Crippen molar-refractivity contribution in [2.75, 3.05) is 13.2 Å². The lowest BCUT2D eigenvalue weighted by atomic mass is 9.84. The van der Waals surface area contributed by atoms with E-state index in [0.717, 1.165) is 45.3 Å². The zero-order valence-electron chi connectivity index (χ0n) is 24.7. The van der Waals surface area contributed by atoms with Gasteiger partial charge in [0, 0.05) is 12.5 Å². The number of hydrogen-bond acceptors (Lipinski definition) is 7. The van der Waals surface area contributed by atoms with E-state index in [4.69, 9.17) is 9.47 Å². The van der Waals surface area contributed by atoms with Crippen molar-refractivity contribution >= 4 is 27.0 Å². The van der Waals surface area contributed by atoms with Crippen LogP contribution in [0.5, 0.6) is 5.75 Å². The Kier molecular flexibility index (Phi) is 8.07. The molecule has 7 rings (SSSR count). The number of allylic oxidation sites excluding steroid dienone is 2. The van der Waals surface area contributed by atoms with Crippen LogP contribution in [0.1, 0.15) is 59.9 Å². The first-order valence-electron chi connectivity index (χ1n) is 14.7. The number of benzene rings is 3. The summed E-state index contributed by atoms with van der Waals surface area (Å²) in [6.45, 7) is 7.05. The monoisotopic (exact) mass is 600 g/mol. The third-order valence-corrected chi connectivity index (χ3v) is 10.3. The maximum Gasteiger partial charge on any atom is 0.306 e. The van der Waals surface area contributed by atoms with Crippen LogP contribution in [-0.2, 0) is 32.6 Å². The molecule has 0 spiro atoms. The van der Waals surface area contributed by atoms with Gasteiger partial charge in [-0.1, -0.05) is 53.8 Å². The van der Waals surface area contributed by atoms with Crippen molar-refractivity contribution in [1.29, 1.82) is 0 Å². The van der Waals surface area contributed by atoms with Crippen molar-refractivity contribution in [2.45, 2.75) is 70.0 Å². The number of carbonyl (C=O) groups is 1. The molecule has 0 aliphatic carbocycles. The number of ether oxygens (including phenoxy) is 2. The van der Waals surface area contributed by atoms with Gasteiger partial charge < -0.3 is 9.47 Å². The lowest BCUT2D eigenvalue weighted by molar-refractivity contribution is -0.143. The summed E-state index contributed by atoms with van der Waals surface area (Å²) in [6.07, 6.45) is 5.33. The molecule has 0 amide bonds. The van der Waals surface area contributed by atoms with Gasteiger partial charge in [0.1, 0.15) is 22.3 Å². The van der Waals surface area contributed by atoms with Gasteiger partial charge >= 0.3 is 5.97 Å². The molecule has 3 aliphatic heterocycles. The molecular weight excluding hydrogens is 564 g/mol. The quantitative estimate of drug-likeness (QED) is 0.228. The Hall–Kier alpha value is -4.02. The van der Waals surface area contributed by atoms with Crippen molar-refractivity contribution in [1.82, 2.24) is 19.3 Å². The first-order chi connectivity index (χ1) is 20.8. The molecule has 4 heterocycles. The van der Waals surface area contributed by atoms with Gasteiger partial charge in [-0.25, -0.2) is 13.1 Å². The van der Waals surface area contributed by atoms with E-state index >= 15 is 0 Å². The number of aryl methyl sites for hydroxylation is 2. The van der Waals surface area contributed by atoms with E-state index in [1.807, 2.05) is 48.9 Å². The van der Waals surface area contributed by atoms with Crippen LogP contribution in [0.4, 0.5) is 0 Å². The van der Waals surface area contributed by atoms with Crippen LogP contribution in [0.3, 0.4) is 0 Å². The zero-order chi connectivity index (χ0) is 30.1. The summed E-state index contributed by atoms with van der Waals surface area (Å²) < 4.78 is 43.1. The van der Waals surface area contributed by atoms with Gasteiger partial charge in [-0.05, 0) is 79.6 Å². The van der Waals surface area contributed by atoms with Crippen LogP contribution in [-0.4, -0.2) is 52.9 Å². The molecule has 43 heavy (non-hydrogen) atoms. The highest BCUT2D eigenvalue weighted by molar-refractivity contribution is 7.89. The molecule has 0 N–H and O–H groups in total. The first-order valence-corrected chi connectivity index (χ1v) is 16.2. The minimum atomic E-state index is -3.83. The highest BCUT2D eigenvalue weighted by Gasteiger charge is 2.35. The Balaban J connectivity index is 1.50. The summed E-state index contributed by atoms with van der Waals surface area (Å²) >= 11 is 0. The molecule has 4 aromatic rings. The number of aromatic nitrogens is 3. The highest BCUT2D eigenvalue weighted by atomic mass is 32.2. The van der Waals surface area contributed by atoms with Gasteiger partial charge in [-0.15, -0.1) is 5.10 Å². The Labute approximate surface area is 252 Å². The van der Waals surface area contributed by atoms with E-state index in [1.54, 1.807) is 31.2 Å². The number of carbonyl (C=O) groups excluding carboxylic acids is 1. The number of para-hydroxylation sites is 1. The summed E-state index contributed by atoms with van der Waals surface area (Å²) in [6, 6.07) is 17.0. The topological polar surface area (TPSA) is 104 Å². The summed E-state index contributed by atoms with van der Waals surface area (Å²) in [5.74, 6) is -0.229. The van der Waals surface area contributed by atoms with Crippen molar-refractivity contribution < 1.29 is 22.7 Å². The van der Waals surface area contributed by atoms with Crippen molar-refractivity contribution in [3.05, 3.63) is 94.6 Å². The predicted octanol–water partition coefficient (Wildman–Crippen LogP) is 5.44. The Morgan fingerprint density at radius 3 is 2.77 bits per heavy atom. The van der Waals surface area contributed by atoms with Gasteiger partial charge in [-0.3, -0.25) is 4.79 Å². The van der Waals surface area contributed by atoms with Crippen molar-refractivity contribution in [3.63, 3.8) is 0 Å². The number of esters is 1. The van der Waals surface area contributed by atoms with Crippen LogP contribution >= 0.6 is 0 Å². The van der Waals surface area contributed by atoms with Gasteiger partial charge in [0.05, 0.1) is 31.6 Å². The summed E-state index contributed by atoms with van der Waals surface area (Å²) in [7, 11) is -3.83. The minimum Gasteiger partial charge on any atom is -0.488 e. The number of hydrogen-bond donors (Lipinski definition) is 0. The van der Waals surface area contributed by atoms with Gasteiger partial charge in [0.25, 0.3) is 0 Å². The van der Waals surface area contributed by atoms with Crippen molar-refractivity contribution in [3.8, 4) is 5.75 Å². The second-order valence-corrected chi connectivity index (χ2v) is 13.1. The van der Waals surface area contributed by atoms with Gasteiger partial charge in [-0.2, -0.15) is 4.31 Å². The standard InChI is InChI=1S/C33H36N4O5S/c1-4-41-32(38)19-28-24-14-13-22(2)25(18-24)20-36-21-26(42-30-11-7-8-12-31(30)43(36,39)40)10-6-5-9-17-37-29-16-15-27(28)23(3)33(29)34-35-37/h5,7-9,11-16,18,26,28H,4,6,10,17,19-21H2,1-3H3. The predicted molar refractivity (Wildman–Crippen MR) is 163 cm³/mol. The first kappa shape index (κ1) is 29.1. The van der Waals surface area contributed by atoms with E-state index in [-0.39, 0.29) is 42.4 Å². The normalized spacial score (nSPS) is 21.4. The molecule has 3 atom stereocenters. The SMILES string of the molecule is CCOC(=O)CC1c2ccc(C)c(c2)CN2CC(CCC=CCn3nnc4c(C)c1ccc43)Oc1ccccc1S2(=O)=O. The number of sulfonamides is 1. The lowest BCUT2D eigenvalue weighted by Gasteiger charge is -2.25. The van der Waals surface area contributed by atoms with Crippen LogP contribution in [0.25, 0.3) is 11.0 Å². The Morgan fingerprint density at radius 2 is 1.93 bits per heavy atom. The molecule has 3 aliphatic rings. The van der Waals surface area contributed by atoms with Gasteiger partial charge in [0.15, 0.2) is 0 Å². The van der Waals surface area contributed by atoms with E-state index < -0.39 is 10.0 Å². The van der Waals surface area contributed by atoms with Gasteiger partial charge in [0.2, 0.25) is 10.0 Å². The fourth-order valence-corrected chi connectivity index (χ4v) is 7.64. The molecule has 224 valence electrons. The molecule has 9 nitrogen and oxygen atoms in total. The average Bonchev–Trinajstić information content (AvgIpc) is 3.36. The van der Waals surface area contributed by atoms with Crippen LogP contribution in [0, 0.1) is 13.8 Å². The maximum absolute atomic E-state index is 14.0. The smallest absolute Gasteiger partial charge is 0.306 e. The molecule has 3 unspecified atom stereocenters. The second kappa shape index (κ2) is 11.9. The minimum absolute atomic E-state index is 0.144. The molecule has 1 aromatic heterocycles. The fourth-order valence-electron chi connectivity index (χ4n) is 6.07. The molecule has 8 bridgehead atoms. The van der Waals surface area contributed by atoms with Crippen LogP contribution in [0.2, 0.25) is 0 Å². The Morgan fingerprint density at radius 1 is 1.09 bits per heavy atom. The molecule has 0 fully saturated rings. The number of fused-ring (bicyclic) bond motifs is 5. The zero-order valence-corrected chi connectivity index (χ0v) is 25.5. The van der Waals surface area contributed by atoms with E-state index in [9.17, 15) is 13.2 Å². The van der Waals surface area contributed by atoms with E-state index in [0.29, 0.717) is 25.3 Å². The largest absolute Gasteiger partial charge is 0.488 e. The second-order valence-electron chi connectivity index (χ2n) is 11.2. The number of rotatable bonds is 3.